The molecule has 6 heteroatoms. The molecule has 6 nitrogen and oxygen atoms in total. The largest absolute Gasteiger partial charge is 0.466 e. The summed E-state index contributed by atoms with van der Waals surface area (Å²) >= 11 is 0. The van der Waals surface area contributed by atoms with E-state index in [1.54, 1.807) is 0 Å². The van der Waals surface area contributed by atoms with Gasteiger partial charge in [-0.3, -0.25) is 4.79 Å². The van der Waals surface area contributed by atoms with Crippen LogP contribution in [0.1, 0.15) is 69.1 Å². The molecule has 0 bridgehead atoms. The second-order valence-corrected chi connectivity index (χ2v) is 9.58. The Balaban J connectivity index is 1.35. The van der Waals surface area contributed by atoms with Crippen molar-refractivity contribution < 1.29 is 14.0 Å². The summed E-state index contributed by atoms with van der Waals surface area (Å²) in [5.74, 6) is 2.29. The normalized spacial score (nSPS) is 24.9. The molecule has 1 aromatic heterocycles. The molecule has 154 valence electrons. The maximum atomic E-state index is 12.9. The number of aryl methyl sites for hydroxylation is 1. The predicted molar refractivity (Wildman–Crippen MR) is 107 cm³/mol. The van der Waals surface area contributed by atoms with Gasteiger partial charge in [-0.25, -0.2) is 4.79 Å². The highest BCUT2D eigenvalue weighted by Gasteiger charge is 2.37. The Morgan fingerprint density at radius 1 is 1.11 bits per heavy atom. The van der Waals surface area contributed by atoms with Crippen LogP contribution >= 0.6 is 0 Å². The number of rotatable bonds is 2. The van der Waals surface area contributed by atoms with E-state index in [0.29, 0.717) is 19.0 Å². The van der Waals surface area contributed by atoms with Gasteiger partial charge in [0.15, 0.2) is 0 Å². The monoisotopic (exact) mass is 387 g/mol. The topological polar surface area (TPSA) is 65.8 Å². The molecular formula is C22H33N3O3. The smallest absolute Gasteiger partial charge is 0.317 e. The number of likely N-dealkylation sites (tertiary alicyclic amines) is 2. The van der Waals surface area contributed by atoms with Gasteiger partial charge in [0, 0.05) is 44.1 Å². The SMILES string of the molecule is Cc1cc2c(o1)CC(C)(C)CC2NC(=O)N1CCC(C(=O)N2CCCC2)CC1. The zero-order chi connectivity index (χ0) is 19.9. The quantitative estimate of drug-likeness (QED) is 0.842. The zero-order valence-corrected chi connectivity index (χ0v) is 17.4. The van der Waals surface area contributed by atoms with Crippen molar-refractivity contribution >= 4 is 11.9 Å². The molecular weight excluding hydrogens is 354 g/mol. The number of fused-ring (bicyclic) bond motifs is 1. The summed E-state index contributed by atoms with van der Waals surface area (Å²) in [6, 6.07) is 2.04. The maximum Gasteiger partial charge on any atom is 0.317 e. The fourth-order valence-electron chi connectivity index (χ4n) is 5.08. The van der Waals surface area contributed by atoms with E-state index < -0.39 is 0 Å². The van der Waals surface area contributed by atoms with E-state index in [0.717, 1.165) is 68.7 Å². The van der Waals surface area contributed by atoms with Gasteiger partial charge in [0.2, 0.25) is 5.91 Å². The number of urea groups is 1. The highest BCUT2D eigenvalue weighted by Crippen LogP contribution is 2.42. The number of hydrogen-bond donors (Lipinski definition) is 1. The number of hydrogen-bond acceptors (Lipinski definition) is 3. The second-order valence-electron chi connectivity index (χ2n) is 9.58. The summed E-state index contributed by atoms with van der Waals surface area (Å²) in [5, 5.41) is 3.24. The van der Waals surface area contributed by atoms with Crippen molar-refractivity contribution in [2.45, 2.75) is 65.3 Å². The Morgan fingerprint density at radius 2 is 1.79 bits per heavy atom. The van der Waals surface area contributed by atoms with Crippen LogP contribution in [0, 0.1) is 18.3 Å². The molecule has 1 N–H and O–H groups in total. The van der Waals surface area contributed by atoms with E-state index in [2.05, 4.69) is 25.2 Å². The van der Waals surface area contributed by atoms with Crippen molar-refractivity contribution in [3.05, 3.63) is 23.2 Å². The van der Waals surface area contributed by atoms with Gasteiger partial charge >= 0.3 is 6.03 Å². The van der Waals surface area contributed by atoms with Crippen molar-refractivity contribution in [2.75, 3.05) is 26.2 Å². The van der Waals surface area contributed by atoms with E-state index in [-0.39, 0.29) is 23.4 Å². The number of amides is 3. The first-order valence-electron chi connectivity index (χ1n) is 10.8. The lowest BCUT2D eigenvalue weighted by atomic mass is 9.75. The average molecular weight is 388 g/mol. The van der Waals surface area contributed by atoms with E-state index in [1.165, 1.54) is 0 Å². The molecule has 0 spiro atoms. The lowest BCUT2D eigenvalue weighted by molar-refractivity contribution is -0.135. The fraction of sp³-hybridized carbons (Fsp3) is 0.727. The minimum absolute atomic E-state index is 0.00680. The summed E-state index contributed by atoms with van der Waals surface area (Å²) < 4.78 is 5.88. The van der Waals surface area contributed by atoms with Crippen LogP contribution in [0.15, 0.2) is 10.5 Å². The molecule has 1 aromatic rings. The van der Waals surface area contributed by atoms with Crippen LogP contribution in [0.3, 0.4) is 0 Å². The third-order valence-electron chi connectivity index (χ3n) is 6.58. The minimum Gasteiger partial charge on any atom is -0.466 e. The first-order valence-corrected chi connectivity index (χ1v) is 10.8. The first-order chi connectivity index (χ1) is 13.3. The minimum atomic E-state index is -0.0143. The van der Waals surface area contributed by atoms with Crippen LogP contribution in [-0.2, 0) is 11.2 Å². The fourth-order valence-corrected chi connectivity index (χ4v) is 5.08. The number of nitrogens with zero attached hydrogens (tertiary/aromatic N) is 2. The van der Waals surface area contributed by atoms with Crippen LogP contribution in [0.25, 0.3) is 0 Å². The van der Waals surface area contributed by atoms with E-state index in [1.807, 2.05) is 16.7 Å². The van der Waals surface area contributed by atoms with Crippen molar-refractivity contribution in [1.82, 2.24) is 15.1 Å². The molecule has 3 amide bonds. The van der Waals surface area contributed by atoms with Crippen LogP contribution in [0.4, 0.5) is 4.79 Å². The molecule has 3 aliphatic rings. The number of furan rings is 1. The second kappa shape index (κ2) is 7.45. The zero-order valence-electron chi connectivity index (χ0n) is 17.4. The molecule has 28 heavy (non-hydrogen) atoms. The summed E-state index contributed by atoms with van der Waals surface area (Å²) in [5.41, 5.74) is 1.23. The van der Waals surface area contributed by atoms with Crippen molar-refractivity contribution in [2.24, 2.45) is 11.3 Å². The van der Waals surface area contributed by atoms with Gasteiger partial charge in [-0.15, -0.1) is 0 Å². The van der Waals surface area contributed by atoms with Crippen LogP contribution in [-0.4, -0.2) is 47.9 Å². The van der Waals surface area contributed by atoms with Crippen molar-refractivity contribution in [3.63, 3.8) is 0 Å². The first kappa shape index (κ1) is 19.3. The lowest BCUT2D eigenvalue weighted by Gasteiger charge is -2.37. The third-order valence-corrected chi connectivity index (χ3v) is 6.58. The molecule has 2 aliphatic heterocycles. The van der Waals surface area contributed by atoms with Gasteiger partial charge in [-0.05, 0) is 50.5 Å². The van der Waals surface area contributed by atoms with Gasteiger partial charge in [0.1, 0.15) is 11.5 Å². The summed E-state index contributed by atoms with van der Waals surface area (Å²) in [6.45, 7) is 9.54. The van der Waals surface area contributed by atoms with Gasteiger partial charge in [0.05, 0.1) is 6.04 Å². The van der Waals surface area contributed by atoms with Crippen molar-refractivity contribution in [1.29, 1.82) is 0 Å². The van der Waals surface area contributed by atoms with Gasteiger partial charge in [0.25, 0.3) is 0 Å². The van der Waals surface area contributed by atoms with Crippen molar-refractivity contribution in [3.8, 4) is 0 Å². The predicted octanol–water partition coefficient (Wildman–Crippen LogP) is 3.65. The standard InChI is InChI=1S/C22H33N3O3/c1-15-12-17-18(13-22(2,3)14-19(17)28-15)23-21(27)25-10-6-16(7-11-25)20(26)24-8-4-5-9-24/h12,16,18H,4-11,13-14H2,1-3H3,(H,23,27). The molecule has 1 aliphatic carbocycles. The molecule has 3 heterocycles. The highest BCUT2D eigenvalue weighted by molar-refractivity contribution is 5.80. The Hall–Kier alpha value is -1.98. The van der Waals surface area contributed by atoms with E-state index in [4.69, 9.17) is 4.42 Å². The van der Waals surface area contributed by atoms with E-state index in [9.17, 15) is 9.59 Å². The number of carbonyl (C=O) groups excluding carboxylic acids is 2. The Kier molecular flexibility index (Phi) is 5.15. The molecule has 1 unspecified atom stereocenters. The lowest BCUT2D eigenvalue weighted by Crippen LogP contribution is -2.48. The van der Waals surface area contributed by atoms with Crippen LogP contribution in [0.5, 0.6) is 0 Å². The number of nitrogens with one attached hydrogen (secondary N) is 1. The maximum absolute atomic E-state index is 12.9. The summed E-state index contributed by atoms with van der Waals surface area (Å²) in [6.07, 6.45) is 5.62. The van der Waals surface area contributed by atoms with E-state index >= 15 is 0 Å². The summed E-state index contributed by atoms with van der Waals surface area (Å²) in [7, 11) is 0. The van der Waals surface area contributed by atoms with Crippen LogP contribution in [0.2, 0.25) is 0 Å². The molecule has 2 saturated heterocycles. The molecule has 4 rings (SSSR count). The number of carbonyl (C=O) groups is 2. The van der Waals surface area contributed by atoms with Crippen LogP contribution < -0.4 is 5.32 Å². The molecule has 0 saturated carbocycles. The average Bonchev–Trinajstić information content (AvgIpc) is 3.29. The Labute approximate surface area is 167 Å². The summed E-state index contributed by atoms with van der Waals surface area (Å²) in [4.78, 5) is 29.4. The van der Waals surface area contributed by atoms with Gasteiger partial charge < -0.3 is 19.5 Å². The molecule has 0 radical (unpaired) electrons. The highest BCUT2D eigenvalue weighted by atomic mass is 16.3. The molecule has 2 fully saturated rings. The van der Waals surface area contributed by atoms with Gasteiger partial charge in [-0.2, -0.15) is 0 Å². The van der Waals surface area contributed by atoms with Gasteiger partial charge in [-0.1, -0.05) is 13.8 Å². The molecule has 1 atom stereocenters. The Bertz CT molecular complexity index is 740. The molecule has 0 aromatic carbocycles. The Morgan fingerprint density at radius 3 is 2.46 bits per heavy atom. The number of piperidine rings is 1. The third kappa shape index (κ3) is 3.91.